The summed E-state index contributed by atoms with van der Waals surface area (Å²) < 4.78 is 0.840. The van der Waals surface area contributed by atoms with Gasteiger partial charge in [-0.1, -0.05) is 11.3 Å². The molecule has 0 aromatic carbocycles. The van der Waals surface area contributed by atoms with E-state index < -0.39 is 0 Å². The minimum Gasteiger partial charge on any atom is -0.354 e. The van der Waals surface area contributed by atoms with E-state index in [1.165, 1.54) is 23.1 Å². The van der Waals surface area contributed by atoms with Gasteiger partial charge in [-0.25, -0.2) is 9.97 Å². The zero-order valence-electron chi connectivity index (χ0n) is 9.41. The van der Waals surface area contributed by atoms with Crippen molar-refractivity contribution in [3.8, 4) is 0 Å². The van der Waals surface area contributed by atoms with E-state index in [-0.39, 0.29) is 0 Å². The van der Waals surface area contributed by atoms with Crippen molar-refractivity contribution in [3.05, 3.63) is 11.8 Å². The number of anilines is 1. The molecular formula is C9H9N7S2. The molecule has 18 heavy (non-hydrogen) atoms. The Hall–Kier alpha value is -1.74. The van der Waals surface area contributed by atoms with Gasteiger partial charge in [0.1, 0.15) is 16.1 Å². The lowest BCUT2D eigenvalue weighted by molar-refractivity contribution is 1.00. The molecule has 3 heterocycles. The number of aromatic amines is 1. The smallest absolute Gasteiger partial charge is 0.225 e. The van der Waals surface area contributed by atoms with E-state index in [1.807, 2.05) is 6.92 Å². The molecule has 3 aromatic rings. The van der Waals surface area contributed by atoms with Crippen molar-refractivity contribution in [1.82, 2.24) is 30.1 Å². The Morgan fingerprint density at radius 1 is 1.44 bits per heavy atom. The van der Waals surface area contributed by atoms with Gasteiger partial charge in [0.2, 0.25) is 5.95 Å². The summed E-state index contributed by atoms with van der Waals surface area (Å²) in [5.41, 5.74) is 3.16. The third kappa shape index (κ3) is 2.14. The van der Waals surface area contributed by atoms with Crippen molar-refractivity contribution in [2.24, 2.45) is 0 Å². The second kappa shape index (κ2) is 4.86. The van der Waals surface area contributed by atoms with Gasteiger partial charge in [0.15, 0.2) is 9.99 Å². The number of hydrogen-bond donors (Lipinski definition) is 2. The third-order valence-corrected chi connectivity index (χ3v) is 3.88. The van der Waals surface area contributed by atoms with Crippen LogP contribution < -0.4 is 5.32 Å². The van der Waals surface area contributed by atoms with Crippen molar-refractivity contribution in [3.63, 3.8) is 0 Å². The normalized spacial score (nSPS) is 10.9. The second-order valence-electron chi connectivity index (χ2n) is 3.29. The molecule has 0 radical (unpaired) electrons. The van der Waals surface area contributed by atoms with E-state index in [0.717, 1.165) is 21.4 Å². The molecule has 0 saturated heterocycles. The highest BCUT2D eigenvalue weighted by atomic mass is 32.2. The van der Waals surface area contributed by atoms with Gasteiger partial charge in [0.05, 0.1) is 6.33 Å². The molecule has 0 bridgehead atoms. The molecule has 9 heteroatoms. The summed E-state index contributed by atoms with van der Waals surface area (Å²) >= 11 is 2.92. The van der Waals surface area contributed by atoms with Gasteiger partial charge < -0.3 is 10.3 Å². The monoisotopic (exact) mass is 279 g/mol. The number of nitrogens with one attached hydrogen (secondary N) is 2. The van der Waals surface area contributed by atoms with Crippen LogP contribution in [0.5, 0.6) is 0 Å². The number of hydrogen-bond acceptors (Lipinski definition) is 8. The lowest BCUT2D eigenvalue weighted by atomic mass is 10.5. The summed E-state index contributed by atoms with van der Waals surface area (Å²) in [6.45, 7) is 2.76. The predicted octanol–water partition coefficient (Wildman–Crippen LogP) is 1.79. The number of rotatable bonds is 4. The van der Waals surface area contributed by atoms with Gasteiger partial charge in [-0.2, -0.15) is 4.98 Å². The lowest BCUT2D eigenvalue weighted by Gasteiger charge is -2.03. The van der Waals surface area contributed by atoms with Crippen LogP contribution >= 0.6 is 23.1 Å². The molecule has 2 N–H and O–H groups in total. The third-order valence-electron chi connectivity index (χ3n) is 2.11. The van der Waals surface area contributed by atoms with Crippen LogP contribution in [0.1, 0.15) is 6.92 Å². The van der Waals surface area contributed by atoms with Crippen LogP contribution in [0, 0.1) is 0 Å². The number of fused-ring (bicyclic) bond motifs is 1. The summed E-state index contributed by atoms with van der Waals surface area (Å²) in [5.74, 6) is 0.573. The number of imidazole rings is 1. The Labute approximate surface area is 110 Å². The molecule has 0 fully saturated rings. The summed E-state index contributed by atoms with van der Waals surface area (Å²) in [4.78, 5) is 16.0. The summed E-state index contributed by atoms with van der Waals surface area (Å²) in [5, 5.41) is 11.7. The molecular weight excluding hydrogens is 270 g/mol. The van der Waals surface area contributed by atoms with E-state index in [0.29, 0.717) is 11.6 Å². The first-order valence-electron chi connectivity index (χ1n) is 5.26. The Balaban J connectivity index is 2.04. The molecule has 0 saturated carbocycles. The van der Waals surface area contributed by atoms with E-state index in [9.17, 15) is 0 Å². The molecule has 0 aliphatic heterocycles. The first-order valence-corrected chi connectivity index (χ1v) is 6.95. The molecule has 7 nitrogen and oxygen atoms in total. The fourth-order valence-corrected chi connectivity index (χ4v) is 2.88. The molecule has 0 unspecified atom stereocenters. The van der Waals surface area contributed by atoms with Crippen LogP contribution in [0.25, 0.3) is 11.2 Å². The quantitative estimate of drug-likeness (QED) is 0.703. The van der Waals surface area contributed by atoms with E-state index in [2.05, 4.69) is 35.5 Å². The number of nitrogens with zero attached hydrogens (tertiary/aromatic N) is 5. The highest BCUT2D eigenvalue weighted by Crippen LogP contribution is 2.31. The highest BCUT2D eigenvalue weighted by Gasteiger charge is 2.12. The van der Waals surface area contributed by atoms with Gasteiger partial charge in [-0.05, 0) is 18.7 Å². The van der Waals surface area contributed by atoms with Gasteiger partial charge in [-0.3, -0.25) is 0 Å². The first-order chi connectivity index (χ1) is 8.86. The Kier molecular flexibility index (Phi) is 3.07. The standard InChI is InChI=1S/C9H9N7S2/c1-2-10-8-14-6-5(11-3-12-6)7(15-8)18-9-16-13-4-17-9/h3-4H,2H2,1H3,(H2,10,11,12,14,15). The minimum absolute atomic E-state index is 0.573. The average molecular weight is 279 g/mol. The molecule has 3 rings (SSSR count). The van der Waals surface area contributed by atoms with Gasteiger partial charge >= 0.3 is 0 Å². The minimum atomic E-state index is 0.573. The number of H-pyrrole nitrogens is 1. The molecule has 92 valence electrons. The zero-order valence-corrected chi connectivity index (χ0v) is 11.0. The van der Waals surface area contributed by atoms with Crippen LogP contribution in [0.3, 0.4) is 0 Å². The van der Waals surface area contributed by atoms with Gasteiger partial charge in [-0.15, -0.1) is 10.2 Å². The summed E-state index contributed by atoms with van der Waals surface area (Å²) in [6.07, 6.45) is 1.61. The lowest BCUT2D eigenvalue weighted by Crippen LogP contribution is -2.03. The van der Waals surface area contributed by atoms with Crippen molar-refractivity contribution in [2.75, 3.05) is 11.9 Å². The second-order valence-corrected chi connectivity index (χ2v) is 5.36. The largest absolute Gasteiger partial charge is 0.354 e. The van der Waals surface area contributed by atoms with Crippen LogP contribution in [0.15, 0.2) is 21.2 Å². The van der Waals surface area contributed by atoms with Crippen molar-refractivity contribution in [2.45, 2.75) is 16.3 Å². The molecule has 3 aromatic heterocycles. The van der Waals surface area contributed by atoms with Gasteiger partial charge in [0.25, 0.3) is 0 Å². The van der Waals surface area contributed by atoms with E-state index >= 15 is 0 Å². The van der Waals surface area contributed by atoms with Gasteiger partial charge in [0, 0.05) is 6.54 Å². The van der Waals surface area contributed by atoms with Crippen molar-refractivity contribution < 1.29 is 0 Å². The molecule has 0 spiro atoms. The molecule has 0 aliphatic carbocycles. The molecule has 0 aliphatic rings. The topological polar surface area (TPSA) is 92.3 Å². The highest BCUT2D eigenvalue weighted by molar-refractivity contribution is 8.01. The fraction of sp³-hybridized carbons (Fsp3) is 0.222. The van der Waals surface area contributed by atoms with E-state index in [1.54, 1.807) is 11.8 Å². The van der Waals surface area contributed by atoms with Crippen molar-refractivity contribution in [1.29, 1.82) is 0 Å². The van der Waals surface area contributed by atoms with Crippen LogP contribution in [-0.4, -0.2) is 36.7 Å². The van der Waals surface area contributed by atoms with Crippen LogP contribution in [0.2, 0.25) is 0 Å². The summed E-state index contributed by atoms with van der Waals surface area (Å²) in [7, 11) is 0. The van der Waals surface area contributed by atoms with E-state index in [4.69, 9.17) is 0 Å². The fourth-order valence-electron chi connectivity index (χ4n) is 1.41. The molecule has 0 atom stereocenters. The Morgan fingerprint density at radius 3 is 3.17 bits per heavy atom. The maximum atomic E-state index is 4.45. The zero-order chi connectivity index (χ0) is 12.4. The number of aromatic nitrogens is 6. The Bertz CT molecular complexity index is 648. The first kappa shape index (κ1) is 11.4. The SMILES string of the molecule is CCNc1nc(Sc2nncs2)c2[nH]cnc2n1. The maximum Gasteiger partial charge on any atom is 0.225 e. The van der Waals surface area contributed by atoms with Crippen LogP contribution in [0.4, 0.5) is 5.95 Å². The Morgan fingerprint density at radius 2 is 2.39 bits per heavy atom. The van der Waals surface area contributed by atoms with Crippen molar-refractivity contribution >= 4 is 40.2 Å². The predicted molar refractivity (Wildman–Crippen MR) is 69.9 cm³/mol. The van der Waals surface area contributed by atoms with Crippen LogP contribution in [-0.2, 0) is 0 Å². The summed E-state index contributed by atoms with van der Waals surface area (Å²) in [6, 6.07) is 0. The average Bonchev–Trinajstić information content (AvgIpc) is 2.99. The maximum absolute atomic E-state index is 4.45. The molecule has 0 amide bonds.